The van der Waals surface area contributed by atoms with Gasteiger partial charge in [0.05, 0.1) is 6.61 Å². The molecule has 19 heavy (non-hydrogen) atoms. The first-order valence-corrected chi connectivity index (χ1v) is 6.22. The van der Waals surface area contributed by atoms with Crippen molar-refractivity contribution in [3.05, 3.63) is 28.8 Å². The zero-order chi connectivity index (χ0) is 14.3. The molecule has 0 spiro atoms. The van der Waals surface area contributed by atoms with Gasteiger partial charge in [0.2, 0.25) is 11.8 Å². The van der Waals surface area contributed by atoms with E-state index in [4.69, 9.17) is 16.3 Å². The van der Waals surface area contributed by atoms with E-state index in [1.165, 1.54) is 0 Å². The first-order valence-electron chi connectivity index (χ1n) is 5.84. The van der Waals surface area contributed by atoms with Gasteiger partial charge < -0.3 is 15.4 Å². The molecule has 0 radical (unpaired) electrons. The van der Waals surface area contributed by atoms with Crippen LogP contribution in [0, 0.1) is 6.92 Å². The van der Waals surface area contributed by atoms with Crippen molar-refractivity contribution in [1.82, 2.24) is 5.32 Å². The molecule has 1 aromatic carbocycles. The molecule has 6 heteroatoms. The number of carbonyl (C=O) groups excluding carboxylic acids is 2. The summed E-state index contributed by atoms with van der Waals surface area (Å²) in [5.74, 6) is -0.713. The Morgan fingerprint density at radius 2 is 2.05 bits per heavy atom. The predicted octanol–water partition coefficient (Wildman–Crippen LogP) is 1.74. The molecular formula is C13H17ClN2O3. The number of anilines is 1. The van der Waals surface area contributed by atoms with Gasteiger partial charge in [0, 0.05) is 24.4 Å². The van der Waals surface area contributed by atoms with E-state index in [0.29, 0.717) is 23.9 Å². The number of carbonyl (C=O) groups is 2. The van der Waals surface area contributed by atoms with E-state index in [1.807, 2.05) is 6.92 Å². The molecule has 0 fully saturated rings. The number of nitrogens with one attached hydrogen (secondary N) is 2. The van der Waals surface area contributed by atoms with E-state index < -0.39 is 0 Å². The number of halogens is 1. The van der Waals surface area contributed by atoms with Crippen LogP contribution in [0.15, 0.2) is 18.2 Å². The second kappa shape index (κ2) is 7.76. The molecule has 1 rings (SSSR count). The van der Waals surface area contributed by atoms with Gasteiger partial charge in [-0.25, -0.2) is 0 Å². The van der Waals surface area contributed by atoms with E-state index in [0.717, 1.165) is 5.56 Å². The number of rotatable bonds is 6. The second-order valence-electron chi connectivity index (χ2n) is 4.03. The number of methoxy groups -OCH3 is 1. The fraction of sp³-hybridized carbons (Fsp3) is 0.385. The van der Waals surface area contributed by atoms with Crippen molar-refractivity contribution >= 4 is 29.1 Å². The minimum atomic E-state index is -0.375. The third kappa shape index (κ3) is 5.72. The van der Waals surface area contributed by atoms with Gasteiger partial charge in [-0.2, -0.15) is 0 Å². The third-order valence-corrected chi connectivity index (χ3v) is 2.66. The Hall–Kier alpha value is -1.59. The van der Waals surface area contributed by atoms with Crippen molar-refractivity contribution < 1.29 is 14.3 Å². The van der Waals surface area contributed by atoms with Crippen LogP contribution in [0.1, 0.15) is 12.0 Å². The summed E-state index contributed by atoms with van der Waals surface area (Å²) >= 11 is 5.85. The summed E-state index contributed by atoms with van der Waals surface area (Å²) < 4.78 is 4.79. The van der Waals surface area contributed by atoms with Crippen LogP contribution in [-0.4, -0.2) is 32.1 Å². The third-order valence-electron chi connectivity index (χ3n) is 2.42. The Labute approximate surface area is 117 Å². The highest BCUT2D eigenvalue weighted by Crippen LogP contribution is 2.20. The SMILES string of the molecule is COCCNC(=O)CC(=O)Nc1cc(Cl)ccc1C. The molecule has 0 unspecified atom stereocenters. The highest BCUT2D eigenvalue weighted by Gasteiger charge is 2.10. The van der Waals surface area contributed by atoms with Crippen LogP contribution in [-0.2, 0) is 14.3 Å². The topological polar surface area (TPSA) is 67.4 Å². The van der Waals surface area contributed by atoms with Crippen LogP contribution in [0.25, 0.3) is 0 Å². The smallest absolute Gasteiger partial charge is 0.233 e. The predicted molar refractivity (Wildman–Crippen MR) is 74.3 cm³/mol. The lowest BCUT2D eigenvalue weighted by Crippen LogP contribution is -2.30. The van der Waals surface area contributed by atoms with Crippen LogP contribution in [0.4, 0.5) is 5.69 Å². The maximum absolute atomic E-state index is 11.7. The van der Waals surface area contributed by atoms with Crippen LogP contribution >= 0.6 is 11.6 Å². The maximum atomic E-state index is 11.7. The second-order valence-corrected chi connectivity index (χ2v) is 4.46. The van der Waals surface area contributed by atoms with Gasteiger partial charge in [0.15, 0.2) is 0 Å². The fourth-order valence-corrected chi connectivity index (χ4v) is 1.60. The molecule has 0 heterocycles. The van der Waals surface area contributed by atoms with Gasteiger partial charge in [0.1, 0.15) is 6.42 Å². The minimum absolute atomic E-state index is 0.227. The number of aryl methyl sites for hydroxylation is 1. The van der Waals surface area contributed by atoms with Crippen LogP contribution in [0.2, 0.25) is 5.02 Å². The Balaban J connectivity index is 2.46. The minimum Gasteiger partial charge on any atom is -0.383 e. The largest absolute Gasteiger partial charge is 0.383 e. The van der Waals surface area contributed by atoms with Crippen molar-refractivity contribution in [3.8, 4) is 0 Å². The van der Waals surface area contributed by atoms with E-state index in [2.05, 4.69) is 10.6 Å². The zero-order valence-corrected chi connectivity index (χ0v) is 11.7. The van der Waals surface area contributed by atoms with E-state index in [-0.39, 0.29) is 18.2 Å². The monoisotopic (exact) mass is 284 g/mol. The number of benzene rings is 1. The summed E-state index contributed by atoms with van der Waals surface area (Å²) in [5.41, 5.74) is 1.50. The van der Waals surface area contributed by atoms with Crippen LogP contribution in [0.5, 0.6) is 0 Å². The first-order chi connectivity index (χ1) is 9.02. The lowest BCUT2D eigenvalue weighted by atomic mass is 10.2. The quantitative estimate of drug-likeness (QED) is 0.618. The van der Waals surface area contributed by atoms with Crippen molar-refractivity contribution in [3.63, 3.8) is 0 Å². The van der Waals surface area contributed by atoms with Gasteiger partial charge in [-0.05, 0) is 24.6 Å². The van der Waals surface area contributed by atoms with Gasteiger partial charge in [-0.1, -0.05) is 17.7 Å². The van der Waals surface area contributed by atoms with Gasteiger partial charge in [-0.15, -0.1) is 0 Å². The molecule has 0 saturated heterocycles. The Bertz CT molecular complexity index is 463. The van der Waals surface area contributed by atoms with Gasteiger partial charge in [0.25, 0.3) is 0 Å². The molecule has 0 aliphatic carbocycles. The Kier molecular flexibility index (Phi) is 6.32. The summed E-state index contributed by atoms with van der Waals surface area (Å²) in [6, 6.07) is 5.19. The average molecular weight is 285 g/mol. The summed E-state index contributed by atoms with van der Waals surface area (Å²) in [7, 11) is 1.54. The molecule has 104 valence electrons. The van der Waals surface area contributed by atoms with Crippen LogP contribution in [0.3, 0.4) is 0 Å². The normalized spacial score (nSPS) is 10.1. The molecule has 0 aliphatic rings. The van der Waals surface area contributed by atoms with Crippen molar-refractivity contribution in [2.45, 2.75) is 13.3 Å². The fourth-order valence-electron chi connectivity index (χ4n) is 1.42. The average Bonchev–Trinajstić information content (AvgIpc) is 2.34. The van der Waals surface area contributed by atoms with E-state index >= 15 is 0 Å². The summed E-state index contributed by atoms with van der Waals surface area (Å²) in [5, 5.41) is 5.77. The molecule has 2 N–H and O–H groups in total. The molecule has 0 aliphatic heterocycles. The highest BCUT2D eigenvalue weighted by atomic mass is 35.5. The highest BCUT2D eigenvalue weighted by molar-refractivity contribution is 6.31. The molecule has 0 atom stereocenters. The lowest BCUT2D eigenvalue weighted by Gasteiger charge is -2.09. The molecule has 0 saturated carbocycles. The van der Waals surface area contributed by atoms with Crippen molar-refractivity contribution in [1.29, 1.82) is 0 Å². The van der Waals surface area contributed by atoms with Crippen molar-refractivity contribution in [2.75, 3.05) is 25.6 Å². The van der Waals surface area contributed by atoms with Crippen LogP contribution < -0.4 is 10.6 Å². The number of hydrogen-bond acceptors (Lipinski definition) is 3. The summed E-state index contributed by atoms with van der Waals surface area (Å²) in [6.07, 6.45) is -0.227. The summed E-state index contributed by atoms with van der Waals surface area (Å²) in [4.78, 5) is 23.1. The van der Waals surface area contributed by atoms with Crippen molar-refractivity contribution in [2.24, 2.45) is 0 Å². The van der Waals surface area contributed by atoms with E-state index in [1.54, 1.807) is 25.3 Å². The number of amides is 2. The van der Waals surface area contributed by atoms with Gasteiger partial charge >= 0.3 is 0 Å². The standard InChI is InChI=1S/C13H17ClN2O3/c1-9-3-4-10(14)7-11(9)16-13(18)8-12(17)15-5-6-19-2/h3-4,7H,5-6,8H2,1-2H3,(H,15,17)(H,16,18). The molecule has 0 aromatic heterocycles. The lowest BCUT2D eigenvalue weighted by molar-refractivity contribution is -0.126. The molecule has 2 amide bonds. The number of hydrogen-bond donors (Lipinski definition) is 2. The molecule has 0 bridgehead atoms. The maximum Gasteiger partial charge on any atom is 0.233 e. The Morgan fingerprint density at radius 3 is 2.74 bits per heavy atom. The van der Waals surface area contributed by atoms with E-state index in [9.17, 15) is 9.59 Å². The summed E-state index contributed by atoms with van der Waals surface area (Å²) in [6.45, 7) is 2.66. The first kappa shape index (κ1) is 15.5. The molecule has 1 aromatic rings. The molecular weight excluding hydrogens is 268 g/mol. The Morgan fingerprint density at radius 1 is 1.32 bits per heavy atom. The van der Waals surface area contributed by atoms with Gasteiger partial charge in [-0.3, -0.25) is 9.59 Å². The number of ether oxygens (including phenoxy) is 1. The zero-order valence-electron chi connectivity index (χ0n) is 11.0. The molecule has 5 nitrogen and oxygen atoms in total.